The molecule has 4 rings (SSSR count). The molecule has 0 saturated carbocycles. The largest absolute Gasteiger partial charge is 0.477 e. The monoisotopic (exact) mass is 362 g/mol. The van der Waals surface area contributed by atoms with Crippen molar-refractivity contribution in [2.24, 2.45) is 0 Å². The van der Waals surface area contributed by atoms with Crippen LogP contribution < -0.4 is 4.74 Å². The summed E-state index contributed by atoms with van der Waals surface area (Å²) < 4.78 is 16.7. The number of ether oxygens (including phenoxy) is 1. The Morgan fingerprint density at radius 3 is 2.70 bits per heavy atom. The number of nitrogens with zero attached hydrogens (tertiary/aromatic N) is 4. The van der Waals surface area contributed by atoms with Gasteiger partial charge in [-0.3, -0.25) is 0 Å². The topological polar surface area (TPSA) is 87.1 Å². The molecule has 0 fully saturated rings. The van der Waals surface area contributed by atoms with Gasteiger partial charge in [-0.25, -0.2) is 9.97 Å². The number of pyridine rings is 1. The van der Waals surface area contributed by atoms with Crippen LogP contribution >= 0.6 is 0 Å². The van der Waals surface area contributed by atoms with Crippen molar-refractivity contribution in [3.05, 3.63) is 66.0 Å². The van der Waals surface area contributed by atoms with Gasteiger partial charge in [-0.05, 0) is 38.1 Å². The van der Waals surface area contributed by atoms with Crippen molar-refractivity contribution in [3.8, 4) is 28.7 Å². The summed E-state index contributed by atoms with van der Waals surface area (Å²) in [5.41, 5.74) is 2.38. The van der Waals surface area contributed by atoms with Crippen LogP contribution in [0.1, 0.15) is 24.3 Å². The van der Waals surface area contributed by atoms with Gasteiger partial charge in [0.25, 0.3) is 0 Å². The van der Waals surface area contributed by atoms with E-state index in [9.17, 15) is 0 Å². The second-order valence-corrected chi connectivity index (χ2v) is 5.87. The summed E-state index contributed by atoms with van der Waals surface area (Å²) in [6.07, 6.45) is 2.05. The normalized spacial score (nSPS) is 10.9. The van der Waals surface area contributed by atoms with E-state index in [4.69, 9.17) is 13.7 Å². The van der Waals surface area contributed by atoms with E-state index < -0.39 is 0 Å². The second-order valence-electron chi connectivity index (χ2n) is 5.87. The van der Waals surface area contributed by atoms with Crippen LogP contribution in [0.25, 0.3) is 22.8 Å². The van der Waals surface area contributed by atoms with Crippen LogP contribution in [0.4, 0.5) is 0 Å². The molecule has 7 heteroatoms. The lowest BCUT2D eigenvalue weighted by Crippen LogP contribution is -1.97. The standard InChI is InChI=1S/C20H18N4O3/c1-3-25-20-15(10-7-11-21-20)18-23-17(27-24-18)12-16-13(2)26-19(22-16)14-8-5-4-6-9-14/h4-11H,3,12H2,1-2H3. The Labute approximate surface area is 156 Å². The molecule has 136 valence electrons. The third-order valence-corrected chi connectivity index (χ3v) is 3.99. The quantitative estimate of drug-likeness (QED) is 0.510. The van der Waals surface area contributed by atoms with Gasteiger partial charge in [-0.2, -0.15) is 4.98 Å². The molecule has 0 atom stereocenters. The van der Waals surface area contributed by atoms with Gasteiger partial charge < -0.3 is 13.7 Å². The highest BCUT2D eigenvalue weighted by Crippen LogP contribution is 2.27. The van der Waals surface area contributed by atoms with E-state index in [1.807, 2.05) is 56.3 Å². The average Bonchev–Trinajstić information content (AvgIpc) is 3.31. The Morgan fingerprint density at radius 2 is 1.89 bits per heavy atom. The fraction of sp³-hybridized carbons (Fsp3) is 0.200. The minimum Gasteiger partial charge on any atom is -0.477 e. The number of hydrogen-bond acceptors (Lipinski definition) is 7. The van der Waals surface area contributed by atoms with Gasteiger partial charge in [0.2, 0.25) is 23.5 Å². The van der Waals surface area contributed by atoms with Gasteiger partial charge in [0.15, 0.2) is 0 Å². The average molecular weight is 362 g/mol. The number of hydrogen-bond donors (Lipinski definition) is 0. The molecule has 3 heterocycles. The molecule has 0 aliphatic heterocycles. The highest BCUT2D eigenvalue weighted by atomic mass is 16.5. The van der Waals surface area contributed by atoms with Crippen molar-refractivity contribution in [2.75, 3.05) is 6.61 Å². The zero-order valence-corrected chi connectivity index (χ0v) is 15.0. The molecule has 0 saturated heterocycles. The van der Waals surface area contributed by atoms with Gasteiger partial charge in [-0.1, -0.05) is 23.4 Å². The molecule has 0 amide bonds. The maximum Gasteiger partial charge on any atom is 0.233 e. The van der Waals surface area contributed by atoms with Crippen molar-refractivity contribution in [3.63, 3.8) is 0 Å². The van der Waals surface area contributed by atoms with Gasteiger partial charge in [0.05, 0.1) is 24.3 Å². The second kappa shape index (κ2) is 7.41. The molecule has 0 spiro atoms. The van der Waals surface area contributed by atoms with Crippen molar-refractivity contribution in [2.45, 2.75) is 20.3 Å². The Morgan fingerprint density at radius 1 is 1.04 bits per heavy atom. The van der Waals surface area contributed by atoms with E-state index in [0.717, 1.165) is 17.0 Å². The first-order chi connectivity index (χ1) is 13.2. The third kappa shape index (κ3) is 3.57. The molecule has 3 aromatic heterocycles. The lowest BCUT2D eigenvalue weighted by atomic mass is 10.2. The van der Waals surface area contributed by atoms with Crippen molar-refractivity contribution in [1.29, 1.82) is 0 Å². The summed E-state index contributed by atoms with van der Waals surface area (Å²) in [4.78, 5) is 13.3. The smallest absolute Gasteiger partial charge is 0.233 e. The van der Waals surface area contributed by atoms with Crippen LogP contribution in [0.15, 0.2) is 57.6 Å². The Bertz CT molecular complexity index is 1040. The van der Waals surface area contributed by atoms with Crippen LogP contribution in [0.5, 0.6) is 5.88 Å². The van der Waals surface area contributed by atoms with Crippen LogP contribution in [0, 0.1) is 6.92 Å². The van der Waals surface area contributed by atoms with Crippen molar-refractivity contribution >= 4 is 0 Å². The molecule has 0 aliphatic rings. The zero-order valence-electron chi connectivity index (χ0n) is 15.0. The van der Waals surface area contributed by atoms with Crippen molar-refractivity contribution in [1.82, 2.24) is 20.1 Å². The predicted molar refractivity (Wildman–Crippen MR) is 98.2 cm³/mol. The molecule has 0 N–H and O–H groups in total. The number of benzene rings is 1. The lowest BCUT2D eigenvalue weighted by molar-refractivity contribution is 0.327. The summed E-state index contributed by atoms with van der Waals surface area (Å²) in [7, 11) is 0. The van der Waals surface area contributed by atoms with Gasteiger partial charge in [0.1, 0.15) is 5.76 Å². The number of rotatable bonds is 6. The van der Waals surface area contributed by atoms with Gasteiger partial charge >= 0.3 is 0 Å². The molecule has 4 aromatic rings. The van der Waals surface area contributed by atoms with Gasteiger partial charge in [-0.15, -0.1) is 0 Å². The summed E-state index contributed by atoms with van der Waals surface area (Å²) in [6.45, 7) is 4.28. The molecule has 7 nitrogen and oxygen atoms in total. The van der Waals surface area contributed by atoms with E-state index in [2.05, 4.69) is 20.1 Å². The first kappa shape index (κ1) is 17.0. The maximum absolute atomic E-state index is 5.78. The fourth-order valence-corrected chi connectivity index (χ4v) is 2.69. The lowest BCUT2D eigenvalue weighted by Gasteiger charge is -2.04. The molecule has 0 radical (unpaired) electrons. The van der Waals surface area contributed by atoms with E-state index >= 15 is 0 Å². The highest BCUT2D eigenvalue weighted by molar-refractivity contribution is 5.60. The number of aryl methyl sites for hydroxylation is 1. The Kier molecular flexibility index (Phi) is 4.65. The molecule has 0 unspecified atom stereocenters. The van der Waals surface area contributed by atoms with Crippen LogP contribution in [-0.4, -0.2) is 26.7 Å². The van der Waals surface area contributed by atoms with Crippen molar-refractivity contribution < 1.29 is 13.7 Å². The van der Waals surface area contributed by atoms with Crippen LogP contribution in [-0.2, 0) is 6.42 Å². The Balaban J connectivity index is 1.58. The molecule has 0 bridgehead atoms. The van der Waals surface area contributed by atoms with E-state index in [1.54, 1.807) is 6.20 Å². The molecule has 27 heavy (non-hydrogen) atoms. The fourth-order valence-electron chi connectivity index (χ4n) is 2.69. The number of oxazole rings is 1. The molecular formula is C20H18N4O3. The summed E-state index contributed by atoms with van der Waals surface area (Å²) in [5, 5.41) is 4.06. The van der Waals surface area contributed by atoms with E-state index in [0.29, 0.717) is 42.1 Å². The predicted octanol–water partition coefficient (Wildman–Crippen LogP) is 4.08. The molecular weight excluding hydrogens is 344 g/mol. The summed E-state index contributed by atoms with van der Waals surface area (Å²) in [6, 6.07) is 13.4. The summed E-state index contributed by atoms with van der Waals surface area (Å²) in [5.74, 6) is 2.67. The van der Waals surface area contributed by atoms with Gasteiger partial charge in [0, 0.05) is 11.8 Å². The minimum atomic E-state index is 0.388. The number of aromatic nitrogens is 4. The Hall–Kier alpha value is -3.48. The minimum absolute atomic E-state index is 0.388. The van der Waals surface area contributed by atoms with Crippen LogP contribution in [0.3, 0.4) is 0 Å². The molecule has 0 aliphatic carbocycles. The van der Waals surface area contributed by atoms with E-state index in [-0.39, 0.29) is 0 Å². The SMILES string of the molecule is CCOc1ncccc1-c1noc(Cc2nc(-c3ccccc3)oc2C)n1. The van der Waals surface area contributed by atoms with E-state index in [1.165, 1.54) is 0 Å². The highest BCUT2D eigenvalue weighted by Gasteiger charge is 2.18. The first-order valence-corrected chi connectivity index (χ1v) is 8.67. The van der Waals surface area contributed by atoms with Crippen LogP contribution in [0.2, 0.25) is 0 Å². The molecule has 1 aromatic carbocycles. The first-order valence-electron chi connectivity index (χ1n) is 8.67. The zero-order chi connectivity index (χ0) is 18.6. The maximum atomic E-state index is 5.78. The summed E-state index contributed by atoms with van der Waals surface area (Å²) >= 11 is 0. The third-order valence-electron chi connectivity index (χ3n) is 3.99.